The van der Waals surface area contributed by atoms with Gasteiger partial charge in [-0.1, -0.05) is 225 Å². The fourth-order valence-corrected chi connectivity index (χ4v) is 7.20. The third kappa shape index (κ3) is 25.4. The molecule has 0 amide bonds. The van der Waals surface area contributed by atoms with Gasteiger partial charge < -0.3 is 0 Å². The van der Waals surface area contributed by atoms with Crippen LogP contribution in [0.3, 0.4) is 0 Å². The van der Waals surface area contributed by atoms with Crippen LogP contribution in [-0.2, 0) is 19.3 Å². The zero-order valence-electron chi connectivity index (χ0n) is 30.7. The van der Waals surface area contributed by atoms with Crippen molar-refractivity contribution in [1.82, 2.24) is 0 Å². The Morgan fingerprint density at radius 2 is 0.568 bits per heavy atom. The smallest absolute Gasteiger partial charge is 0.0273 e. The number of hydrogen-bond acceptors (Lipinski definition) is 0. The lowest BCUT2D eigenvalue weighted by Gasteiger charge is -2.14. The Kier molecular flexibility index (Phi) is 31.5. The summed E-state index contributed by atoms with van der Waals surface area (Å²) in [7, 11) is 0. The first-order chi connectivity index (χ1) is 21.8. The summed E-state index contributed by atoms with van der Waals surface area (Å²) in [6.07, 6.45) is 49.7. The van der Waals surface area contributed by atoms with Gasteiger partial charge in [0.2, 0.25) is 0 Å². The van der Waals surface area contributed by atoms with Crippen LogP contribution in [0.2, 0.25) is 0 Å². The second-order valence-electron chi connectivity index (χ2n) is 14.4. The van der Waals surface area contributed by atoms with Gasteiger partial charge >= 0.3 is 0 Å². The highest BCUT2D eigenvalue weighted by Crippen LogP contribution is 2.22. The van der Waals surface area contributed by atoms with Gasteiger partial charge in [-0.3, -0.25) is 0 Å². The molecule has 0 atom stereocenters. The molecule has 0 saturated carbocycles. The minimum absolute atomic E-state index is 0.962. The molecule has 1 radical (unpaired) electrons. The monoisotopic (exact) mass is 610 g/mol. The standard InChI is InChI=1S/C44H81/c1-4-7-9-11-13-15-17-19-21-23-25-27-29-31-33-35-38-42-40-37-41-43(44(42)6-3)39-36-34-32-30-28-26-24-22-20-18-16-14-12-10-8-5-2/h37,40-41H,3-36,38-39H2,1-2H3. The van der Waals surface area contributed by atoms with Crippen LogP contribution in [0.5, 0.6) is 0 Å². The maximum Gasteiger partial charge on any atom is -0.0273 e. The minimum atomic E-state index is 0.962. The fourth-order valence-electron chi connectivity index (χ4n) is 7.20. The van der Waals surface area contributed by atoms with Crippen molar-refractivity contribution in [2.45, 2.75) is 239 Å². The molecule has 44 heavy (non-hydrogen) atoms. The lowest BCUT2D eigenvalue weighted by Crippen LogP contribution is -2.00. The van der Waals surface area contributed by atoms with E-state index in [1.54, 1.807) is 16.7 Å². The number of unbranched alkanes of at least 4 members (excludes halogenated alkanes) is 30. The number of rotatable bonds is 35. The van der Waals surface area contributed by atoms with E-state index in [4.69, 9.17) is 0 Å². The van der Waals surface area contributed by atoms with Gasteiger partial charge in [-0.05, 0) is 55.7 Å². The SMILES string of the molecule is [CH2]Cc1c(CCCCCCCCCCCCCCCCCC)cccc1CCCCCCCCCCCCCCCCCC. The van der Waals surface area contributed by atoms with Crippen LogP contribution in [0.15, 0.2) is 18.2 Å². The summed E-state index contributed by atoms with van der Waals surface area (Å²) in [5.41, 5.74) is 4.77. The normalized spacial score (nSPS) is 11.5. The first kappa shape index (κ1) is 41.2. The Labute approximate surface area is 279 Å². The summed E-state index contributed by atoms with van der Waals surface area (Å²) in [6.45, 7) is 8.94. The molecular weight excluding hydrogens is 528 g/mol. The topological polar surface area (TPSA) is 0 Å². The number of hydrogen-bond donors (Lipinski definition) is 0. The number of benzene rings is 1. The molecule has 0 bridgehead atoms. The highest BCUT2D eigenvalue weighted by molar-refractivity contribution is 5.36. The van der Waals surface area contributed by atoms with Crippen molar-refractivity contribution in [3.05, 3.63) is 41.8 Å². The molecule has 0 aliphatic rings. The number of aryl methyl sites for hydroxylation is 2. The predicted molar refractivity (Wildman–Crippen MR) is 202 cm³/mol. The van der Waals surface area contributed by atoms with Gasteiger partial charge in [0.15, 0.2) is 0 Å². The Morgan fingerprint density at radius 3 is 0.795 bits per heavy atom. The van der Waals surface area contributed by atoms with Gasteiger partial charge in [-0.2, -0.15) is 0 Å². The van der Waals surface area contributed by atoms with Crippen LogP contribution < -0.4 is 0 Å². The van der Waals surface area contributed by atoms with Crippen LogP contribution in [0.25, 0.3) is 0 Å². The summed E-state index contributed by atoms with van der Waals surface area (Å²) in [4.78, 5) is 0. The summed E-state index contributed by atoms with van der Waals surface area (Å²) in [5.74, 6) is 0. The summed E-state index contributed by atoms with van der Waals surface area (Å²) >= 11 is 0. The van der Waals surface area contributed by atoms with Crippen molar-refractivity contribution in [3.8, 4) is 0 Å². The van der Waals surface area contributed by atoms with Crippen LogP contribution in [-0.4, -0.2) is 0 Å². The van der Waals surface area contributed by atoms with Gasteiger partial charge in [0.05, 0.1) is 0 Å². The lowest BCUT2D eigenvalue weighted by molar-refractivity contribution is 0.529. The molecule has 0 fully saturated rings. The molecule has 257 valence electrons. The average Bonchev–Trinajstić information content (AvgIpc) is 3.04. The summed E-state index contributed by atoms with van der Waals surface area (Å²) in [6, 6.07) is 7.11. The maximum absolute atomic E-state index is 4.33. The first-order valence-corrected chi connectivity index (χ1v) is 20.7. The molecule has 1 aromatic carbocycles. The molecular formula is C44H81. The quantitative estimate of drug-likeness (QED) is 0.0671. The third-order valence-corrected chi connectivity index (χ3v) is 10.2. The van der Waals surface area contributed by atoms with E-state index in [2.05, 4.69) is 39.0 Å². The molecule has 0 saturated heterocycles. The Bertz CT molecular complexity index is 633. The van der Waals surface area contributed by atoms with E-state index in [1.165, 1.54) is 218 Å². The molecule has 0 N–H and O–H groups in total. The van der Waals surface area contributed by atoms with Crippen molar-refractivity contribution in [3.63, 3.8) is 0 Å². The molecule has 0 nitrogen and oxygen atoms in total. The van der Waals surface area contributed by atoms with Gasteiger partial charge in [0, 0.05) is 0 Å². The molecule has 0 heterocycles. The van der Waals surface area contributed by atoms with E-state index >= 15 is 0 Å². The van der Waals surface area contributed by atoms with Crippen molar-refractivity contribution < 1.29 is 0 Å². The second-order valence-corrected chi connectivity index (χ2v) is 14.4. The molecule has 0 spiro atoms. The van der Waals surface area contributed by atoms with E-state index in [-0.39, 0.29) is 0 Å². The maximum atomic E-state index is 4.33. The summed E-state index contributed by atoms with van der Waals surface area (Å²) in [5, 5.41) is 0. The fraction of sp³-hybridized carbons (Fsp3) is 0.841. The van der Waals surface area contributed by atoms with Crippen LogP contribution in [0, 0.1) is 6.92 Å². The third-order valence-electron chi connectivity index (χ3n) is 10.2. The highest BCUT2D eigenvalue weighted by atomic mass is 14.1. The minimum Gasteiger partial charge on any atom is -0.0654 e. The predicted octanol–water partition coefficient (Wildman–Crippen LogP) is 15.7. The molecule has 0 heteroatoms. The zero-order valence-corrected chi connectivity index (χ0v) is 30.7. The van der Waals surface area contributed by atoms with Crippen LogP contribution in [0.1, 0.15) is 236 Å². The Morgan fingerprint density at radius 1 is 0.341 bits per heavy atom. The highest BCUT2D eigenvalue weighted by Gasteiger charge is 2.07. The molecule has 0 aliphatic heterocycles. The summed E-state index contributed by atoms with van der Waals surface area (Å²) < 4.78 is 0. The van der Waals surface area contributed by atoms with Crippen molar-refractivity contribution in [2.24, 2.45) is 0 Å². The Balaban J connectivity index is 1.98. The second kappa shape index (κ2) is 33.6. The first-order valence-electron chi connectivity index (χ1n) is 20.7. The molecule has 0 aliphatic carbocycles. The van der Waals surface area contributed by atoms with E-state index in [0.717, 1.165) is 6.42 Å². The molecule has 1 rings (SSSR count). The van der Waals surface area contributed by atoms with E-state index in [9.17, 15) is 0 Å². The van der Waals surface area contributed by atoms with Crippen molar-refractivity contribution in [1.29, 1.82) is 0 Å². The molecule has 0 unspecified atom stereocenters. The van der Waals surface area contributed by atoms with E-state index in [0.29, 0.717) is 0 Å². The van der Waals surface area contributed by atoms with Gasteiger partial charge in [0.25, 0.3) is 0 Å². The average molecular weight is 610 g/mol. The lowest BCUT2D eigenvalue weighted by atomic mass is 9.92. The zero-order chi connectivity index (χ0) is 31.6. The van der Waals surface area contributed by atoms with Crippen LogP contribution >= 0.6 is 0 Å². The largest absolute Gasteiger partial charge is 0.0654 e. The van der Waals surface area contributed by atoms with Crippen molar-refractivity contribution in [2.75, 3.05) is 0 Å². The van der Waals surface area contributed by atoms with Crippen molar-refractivity contribution >= 4 is 0 Å². The van der Waals surface area contributed by atoms with Gasteiger partial charge in [0.1, 0.15) is 0 Å². The molecule has 1 aromatic rings. The van der Waals surface area contributed by atoms with E-state index < -0.39 is 0 Å². The van der Waals surface area contributed by atoms with E-state index in [1.807, 2.05) is 0 Å². The Hall–Kier alpha value is -0.780. The van der Waals surface area contributed by atoms with Gasteiger partial charge in [-0.25, -0.2) is 0 Å². The van der Waals surface area contributed by atoms with Crippen LogP contribution in [0.4, 0.5) is 0 Å². The van der Waals surface area contributed by atoms with Gasteiger partial charge in [-0.15, -0.1) is 0 Å². The molecule has 0 aromatic heterocycles.